The molecule has 0 radical (unpaired) electrons. The first-order valence-electron chi connectivity index (χ1n) is 6.24. The Morgan fingerprint density at radius 3 is 3.10 bits per heavy atom. The molecule has 0 fully saturated rings. The summed E-state index contributed by atoms with van der Waals surface area (Å²) in [6, 6.07) is 6.44. The van der Waals surface area contributed by atoms with E-state index in [1.54, 1.807) is 12.3 Å². The van der Waals surface area contributed by atoms with Gasteiger partial charge in [0, 0.05) is 24.1 Å². The number of halogens is 1. The van der Waals surface area contributed by atoms with Gasteiger partial charge in [0.2, 0.25) is 0 Å². The van der Waals surface area contributed by atoms with Crippen molar-refractivity contribution in [2.45, 2.75) is 13.3 Å². The van der Waals surface area contributed by atoms with Gasteiger partial charge >= 0.3 is 0 Å². The molecular weight excluding hydrogens is 279 g/mol. The molecular formula is C14H15FN2O2S. The van der Waals surface area contributed by atoms with E-state index in [1.807, 2.05) is 13.0 Å². The van der Waals surface area contributed by atoms with Crippen molar-refractivity contribution < 1.29 is 13.9 Å². The van der Waals surface area contributed by atoms with Crippen molar-refractivity contribution in [2.24, 2.45) is 0 Å². The number of hydrogen-bond donors (Lipinski definition) is 1. The monoisotopic (exact) mass is 294 g/mol. The maximum Gasteiger partial charge on any atom is 0.252 e. The van der Waals surface area contributed by atoms with Crippen molar-refractivity contribution in [1.29, 1.82) is 0 Å². The van der Waals surface area contributed by atoms with Crippen LogP contribution in [0.2, 0.25) is 0 Å². The number of nitrogens with zero attached hydrogens (tertiary/aromatic N) is 1. The summed E-state index contributed by atoms with van der Waals surface area (Å²) in [6.07, 6.45) is 2.28. The third-order valence-electron chi connectivity index (χ3n) is 2.50. The van der Waals surface area contributed by atoms with Crippen molar-refractivity contribution in [3.63, 3.8) is 0 Å². The summed E-state index contributed by atoms with van der Waals surface area (Å²) in [7, 11) is 0. The molecule has 0 saturated heterocycles. The molecule has 0 unspecified atom stereocenters. The van der Waals surface area contributed by atoms with E-state index in [0.717, 1.165) is 10.4 Å². The van der Waals surface area contributed by atoms with Gasteiger partial charge in [0.1, 0.15) is 12.4 Å². The Hall–Kier alpha value is -1.79. The van der Waals surface area contributed by atoms with E-state index in [1.165, 1.54) is 23.5 Å². The zero-order valence-corrected chi connectivity index (χ0v) is 11.9. The Bertz CT molecular complexity index is 586. The Labute approximate surface area is 120 Å². The predicted molar refractivity (Wildman–Crippen MR) is 76.4 cm³/mol. The van der Waals surface area contributed by atoms with Crippen molar-refractivity contribution in [1.82, 2.24) is 4.98 Å². The minimum atomic E-state index is -0.253. The Kier molecular flexibility index (Phi) is 5.20. The van der Waals surface area contributed by atoms with Gasteiger partial charge in [-0.2, -0.15) is 0 Å². The first-order valence-corrected chi connectivity index (χ1v) is 7.05. The second kappa shape index (κ2) is 7.12. The fourth-order valence-electron chi connectivity index (χ4n) is 1.65. The lowest BCUT2D eigenvalue weighted by atomic mass is 10.1. The minimum absolute atomic E-state index is 0.0231. The molecule has 1 heterocycles. The summed E-state index contributed by atoms with van der Waals surface area (Å²) in [5.74, 6) is -0.476. The van der Waals surface area contributed by atoms with Crippen LogP contribution in [-0.4, -0.2) is 24.1 Å². The number of anilines is 1. The molecule has 0 saturated carbocycles. The fraction of sp³-hybridized carbons (Fsp3) is 0.286. The molecule has 1 amide bonds. The van der Waals surface area contributed by atoms with E-state index >= 15 is 0 Å². The molecule has 0 spiro atoms. The number of carbonyl (C=O) groups is 1. The van der Waals surface area contributed by atoms with Gasteiger partial charge in [-0.25, -0.2) is 9.37 Å². The quantitative estimate of drug-likeness (QED) is 0.891. The van der Waals surface area contributed by atoms with Gasteiger partial charge in [-0.3, -0.25) is 10.1 Å². The molecule has 6 heteroatoms. The average molecular weight is 294 g/mol. The van der Waals surface area contributed by atoms with Crippen molar-refractivity contribution in [3.05, 3.63) is 46.7 Å². The highest BCUT2D eigenvalue weighted by atomic mass is 32.1. The van der Waals surface area contributed by atoms with Crippen LogP contribution in [0.4, 0.5) is 9.52 Å². The SMILES string of the molecule is CCOCC(=O)Nc1ncc(Cc2cccc(F)c2)s1. The second-order valence-electron chi connectivity index (χ2n) is 4.12. The van der Waals surface area contributed by atoms with E-state index in [2.05, 4.69) is 10.3 Å². The molecule has 1 aromatic carbocycles. The van der Waals surface area contributed by atoms with Gasteiger partial charge in [-0.1, -0.05) is 12.1 Å². The van der Waals surface area contributed by atoms with Crippen LogP contribution in [0, 0.1) is 5.82 Å². The van der Waals surface area contributed by atoms with Gasteiger partial charge in [0.15, 0.2) is 5.13 Å². The number of amides is 1. The van der Waals surface area contributed by atoms with E-state index in [-0.39, 0.29) is 18.3 Å². The zero-order valence-electron chi connectivity index (χ0n) is 11.1. The molecule has 4 nitrogen and oxygen atoms in total. The number of nitrogens with one attached hydrogen (secondary N) is 1. The molecule has 0 aliphatic heterocycles. The summed E-state index contributed by atoms with van der Waals surface area (Å²) in [5.41, 5.74) is 0.876. The van der Waals surface area contributed by atoms with E-state index in [9.17, 15) is 9.18 Å². The molecule has 0 atom stereocenters. The van der Waals surface area contributed by atoms with E-state index in [0.29, 0.717) is 18.2 Å². The predicted octanol–water partition coefficient (Wildman–Crippen LogP) is 2.85. The molecule has 1 N–H and O–H groups in total. The van der Waals surface area contributed by atoms with Crippen molar-refractivity contribution in [3.8, 4) is 0 Å². The molecule has 0 aliphatic rings. The van der Waals surface area contributed by atoms with Crippen molar-refractivity contribution >= 4 is 22.4 Å². The fourth-order valence-corrected chi connectivity index (χ4v) is 2.51. The van der Waals surface area contributed by atoms with Crippen LogP contribution < -0.4 is 5.32 Å². The number of rotatable bonds is 6. The number of aromatic nitrogens is 1. The summed E-state index contributed by atoms with van der Waals surface area (Å²) in [4.78, 5) is 16.5. The van der Waals surface area contributed by atoms with Crippen LogP contribution >= 0.6 is 11.3 Å². The van der Waals surface area contributed by atoms with Gasteiger partial charge in [0.25, 0.3) is 5.91 Å². The molecule has 2 rings (SSSR count). The molecule has 2 aromatic rings. The van der Waals surface area contributed by atoms with E-state index in [4.69, 9.17) is 4.74 Å². The van der Waals surface area contributed by atoms with Crippen LogP contribution in [-0.2, 0) is 16.0 Å². The first kappa shape index (κ1) is 14.6. The lowest BCUT2D eigenvalue weighted by Crippen LogP contribution is -2.17. The largest absolute Gasteiger partial charge is 0.372 e. The molecule has 0 aliphatic carbocycles. The Balaban J connectivity index is 1.93. The maximum absolute atomic E-state index is 13.1. The molecule has 106 valence electrons. The van der Waals surface area contributed by atoms with Crippen LogP contribution in [0.5, 0.6) is 0 Å². The van der Waals surface area contributed by atoms with Gasteiger partial charge in [-0.15, -0.1) is 11.3 Å². The third kappa shape index (κ3) is 4.40. The van der Waals surface area contributed by atoms with Gasteiger partial charge in [0.05, 0.1) is 0 Å². The molecule has 0 bridgehead atoms. The zero-order chi connectivity index (χ0) is 14.4. The lowest BCUT2D eigenvalue weighted by Gasteiger charge is -2.01. The third-order valence-corrected chi connectivity index (χ3v) is 3.42. The Morgan fingerprint density at radius 1 is 1.50 bits per heavy atom. The summed E-state index contributed by atoms with van der Waals surface area (Å²) >= 11 is 1.37. The standard InChI is InChI=1S/C14H15FN2O2S/c1-2-19-9-13(18)17-14-16-8-12(20-14)7-10-4-3-5-11(15)6-10/h3-6,8H,2,7,9H2,1H3,(H,16,17,18). The van der Waals surface area contributed by atoms with Crippen LogP contribution in [0.1, 0.15) is 17.4 Å². The second-order valence-corrected chi connectivity index (χ2v) is 5.24. The van der Waals surface area contributed by atoms with Crippen LogP contribution in [0.15, 0.2) is 30.5 Å². The smallest absolute Gasteiger partial charge is 0.252 e. The number of hydrogen-bond acceptors (Lipinski definition) is 4. The number of carbonyl (C=O) groups excluding carboxylic acids is 1. The van der Waals surface area contributed by atoms with Gasteiger partial charge < -0.3 is 4.74 Å². The van der Waals surface area contributed by atoms with Crippen molar-refractivity contribution in [2.75, 3.05) is 18.5 Å². The number of thiazole rings is 1. The van der Waals surface area contributed by atoms with Crippen LogP contribution in [0.25, 0.3) is 0 Å². The number of ether oxygens (including phenoxy) is 1. The minimum Gasteiger partial charge on any atom is -0.372 e. The average Bonchev–Trinajstić information content (AvgIpc) is 2.83. The van der Waals surface area contributed by atoms with Crippen LogP contribution in [0.3, 0.4) is 0 Å². The molecule has 1 aromatic heterocycles. The van der Waals surface area contributed by atoms with E-state index < -0.39 is 0 Å². The Morgan fingerprint density at radius 2 is 2.35 bits per heavy atom. The lowest BCUT2D eigenvalue weighted by molar-refractivity contribution is -0.120. The molecule has 20 heavy (non-hydrogen) atoms. The van der Waals surface area contributed by atoms with Gasteiger partial charge in [-0.05, 0) is 24.6 Å². The topological polar surface area (TPSA) is 51.2 Å². The highest BCUT2D eigenvalue weighted by molar-refractivity contribution is 7.15. The maximum atomic E-state index is 13.1. The summed E-state index contributed by atoms with van der Waals surface area (Å²) < 4.78 is 18.1. The highest BCUT2D eigenvalue weighted by Crippen LogP contribution is 2.21. The normalized spacial score (nSPS) is 10.5. The summed E-state index contributed by atoms with van der Waals surface area (Å²) in [5, 5.41) is 3.19. The number of benzene rings is 1. The first-order chi connectivity index (χ1) is 9.67. The summed E-state index contributed by atoms with van der Waals surface area (Å²) in [6.45, 7) is 2.35. The highest BCUT2D eigenvalue weighted by Gasteiger charge is 2.07.